The number of aliphatic hydroxyl groups excluding tert-OH is 4. The second kappa shape index (κ2) is 9.00. The Morgan fingerprint density at radius 2 is 1.74 bits per heavy atom. The maximum atomic E-state index is 13.1. The van der Waals surface area contributed by atoms with Gasteiger partial charge in [0.1, 0.15) is 41.6 Å². The van der Waals surface area contributed by atoms with E-state index in [1.54, 1.807) is 0 Å². The molecule has 0 spiro atoms. The van der Waals surface area contributed by atoms with Gasteiger partial charge in [-0.05, 0) is 17.7 Å². The number of methoxy groups -OCH3 is 1. The normalized spacial score (nSPS) is 24.8. The molecule has 5 atom stereocenters. The molecule has 12 heteroatoms. The Morgan fingerprint density at radius 1 is 1.00 bits per heavy atom. The summed E-state index contributed by atoms with van der Waals surface area (Å²) in [6, 6.07) is 4.90. The lowest BCUT2D eigenvalue weighted by molar-refractivity contribution is -0.277. The monoisotopic (exact) mass is 478 g/mol. The van der Waals surface area contributed by atoms with Crippen LogP contribution in [-0.4, -0.2) is 80.2 Å². The van der Waals surface area contributed by atoms with Crippen LogP contribution in [0.4, 0.5) is 0 Å². The number of hydrogen-bond donors (Lipinski definition) is 7. The van der Waals surface area contributed by atoms with Crippen LogP contribution >= 0.6 is 0 Å². The summed E-state index contributed by atoms with van der Waals surface area (Å²) in [5.74, 6) is -2.04. The molecule has 182 valence electrons. The van der Waals surface area contributed by atoms with E-state index in [-0.39, 0.29) is 39.3 Å². The average Bonchev–Trinajstić information content (AvgIpc) is 2.81. The van der Waals surface area contributed by atoms with Crippen molar-refractivity contribution in [2.75, 3.05) is 13.7 Å². The highest BCUT2D eigenvalue weighted by Gasteiger charge is 2.45. The lowest BCUT2D eigenvalue weighted by Gasteiger charge is -2.39. The zero-order chi connectivity index (χ0) is 24.7. The molecule has 0 saturated carbocycles. The molecule has 0 bridgehead atoms. The van der Waals surface area contributed by atoms with Gasteiger partial charge in [-0.3, -0.25) is 4.79 Å². The van der Waals surface area contributed by atoms with Gasteiger partial charge in [0.05, 0.1) is 19.3 Å². The fourth-order valence-electron chi connectivity index (χ4n) is 3.69. The molecule has 1 aliphatic rings. The summed E-state index contributed by atoms with van der Waals surface area (Å²) in [6.07, 6.45) is -6.74. The Balaban J connectivity index is 1.78. The van der Waals surface area contributed by atoms with Crippen molar-refractivity contribution in [3.05, 3.63) is 40.8 Å². The van der Waals surface area contributed by atoms with Gasteiger partial charge in [-0.25, -0.2) is 0 Å². The number of hydrogen-bond acceptors (Lipinski definition) is 12. The first-order chi connectivity index (χ1) is 16.2. The highest BCUT2D eigenvalue weighted by molar-refractivity contribution is 5.91. The Labute approximate surface area is 191 Å². The van der Waals surface area contributed by atoms with Gasteiger partial charge >= 0.3 is 0 Å². The van der Waals surface area contributed by atoms with E-state index in [0.29, 0.717) is 0 Å². The van der Waals surface area contributed by atoms with Gasteiger partial charge in [-0.1, -0.05) is 6.07 Å². The summed E-state index contributed by atoms with van der Waals surface area (Å²) >= 11 is 0. The number of aliphatic hydroxyl groups is 4. The predicted molar refractivity (Wildman–Crippen MR) is 114 cm³/mol. The minimum absolute atomic E-state index is 0.0252. The van der Waals surface area contributed by atoms with E-state index in [0.717, 1.165) is 12.3 Å². The van der Waals surface area contributed by atoms with Gasteiger partial charge in [0.15, 0.2) is 23.0 Å². The van der Waals surface area contributed by atoms with Crippen LogP contribution in [-0.2, 0) is 4.74 Å². The number of phenols is 3. The summed E-state index contributed by atoms with van der Waals surface area (Å²) in [7, 11) is 1.19. The van der Waals surface area contributed by atoms with Crippen LogP contribution in [0.2, 0.25) is 0 Å². The minimum Gasteiger partial charge on any atom is -0.504 e. The second-order valence-electron chi connectivity index (χ2n) is 7.63. The fraction of sp³-hybridized carbons (Fsp3) is 0.318. The standard InChI is InChI=1S/C22H22O12/c1-31-21-13(33-22-20(30)19(29)17(27)14(6-23)34-22)5-12-15(18(21)28)16(26)9(7-32-12)8-2-3-10(24)11(25)4-8/h2-5,7,14,17,19-20,22-25,27-30H,6H2,1H3/t14-,17+,19-,20-,22-/m1/s1. The smallest absolute Gasteiger partial charge is 0.229 e. The third kappa shape index (κ3) is 3.87. The van der Waals surface area contributed by atoms with Gasteiger partial charge in [-0.2, -0.15) is 0 Å². The van der Waals surface area contributed by atoms with E-state index in [1.165, 1.54) is 25.3 Å². The molecule has 0 radical (unpaired) electrons. The van der Waals surface area contributed by atoms with E-state index >= 15 is 0 Å². The van der Waals surface area contributed by atoms with Gasteiger partial charge in [0, 0.05) is 6.07 Å². The first kappa shape index (κ1) is 23.6. The van der Waals surface area contributed by atoms with Crippen molar-refractivity contribution in [1.82, 2.24) is 0 Å². The van der Waals surface area contributed by atoms with Gasteiger partial charge in [0.2, 0.25) is 17.5 Å². The first-order valence-electron chi connectivity index (χ1n) is 10.0. The Bertz CT molecular complexity index is 1270. The molecule has 0 aliphatic carbocycles. The molecule has 2 heterocycles. The molecule has 12 nitrogen and oxygen atoms in total. The fourth-order valence-corrected chi connectivity index (χ4v) is 3.69. The summed E-state index contributed by atoms with van der Waals surface area (Å²) in [5, 5.41) is 69.2. The van der Waals surface area contributed by atoms with Crippen molar-refractivity contribution in [3.8, 4) is 39.9 Å². The molecule has 1 saturated heterocycles. The molecule has 4 rings (SSSR count). The van der Waals surface area contributed by atoms with Crippen LogP contribution in [0.3, 0.4) is 0 Å². The van der Waals surface area contributed by atoms with Crippen LogP contribution < -0.4 is 14.9 Å². The quantitative estimate of drug-likeness (QED) is 0.238. The van der Waals surface area contributed by atoms with E-state index in [4.69, 9.17) is 18.6 Å². The van der Waals surface area contributed by atoms with Crippen LogP contribution in [0.25, 0.3) is 22.1 Å². The van der Waals surface area contributed by atoms with Crippen molar-refractivity contribution >= 4 is 11.0 Å². The van der Waals surface area contributed by atoms with E-state index in [1.807, 2.05) is 0 Å². The Morgan fingerprint density at radius 3 is 2.38 bits per heavy atom. The van der Waals surface area contributed by atoms with E-state index in [2.05, 4.69) is 0 Å². The molecule has 1 aliphatic heterocycles. The molecular formula is C22H22O12. The zero-order valence-electron chi connectivity index (χ0n) is 17.7. The summed E-state index contributed by atoms with van der Waals surface area (Å²) in [4.78, 5) is 13.1. The maximum Gasteiger partial charge on any atom is 0.229 e. The molecule has 34 heavy (non-hydrogen) atoms. The van der Waals surface area contributed by atoms with Crippen LogP contribution in [0.1, 0.15) is 0 Å². The third-order valence-corrected chi connectivity index (χ3v) is 5.54. The number of benzene rings is 2. The summed E-state index contributed by atoms with van der Waals surface area (Å²) < 4.78 is 21.5. The lowest BCUT2D eigenvalue weighted by atomic mass is 9.99. The highest BCUT2D eigenvalue weighted by atomic mass is 16.7. The van der Waals surface area contributed by atoms with Crippen LogP contribution in [0.15, 0.2) is 39.7 Å². The third-order valence-electron chi connectivity index (χ3n) is 5.54. The zero-order valence-corrected chi connectivity index (χ0v) is 17.7. The number of fused-ring (bicyclic) bond motifs is 1. The number of ether oxygens (including phenoxy) is 3. The average molecular weight is 478 g/mol. The second-order valence-corrected chi connectivity index (χ2v) is 7.63. The molecule has 0 unspecified atom stereocenters. The van der Waals surface area contributed by atoms with Crippen molar-refractivity contribution in [2.45, 2.75) is 30.7 Å². The predicted octanol–water partition coefficient (Wildman–Crippen LogP) is -0.236. The summed E-state index contributed by atoms with van der Waals surface area (Å²) in [5.41, 5.74) is -0.620. The van der Waals surface area contributed by atoms with Crippen LogP contribution in [0, 0.1) is 0 Å². The highest BCUT2D eigenvalue weighted by Crippen LogP contribution is 2.43. The first-order valence-corrected chi connectivity index (χ1v) is 10.0. The maximum absolute atomic E-state index is 13.1. The van der Waals surface area contributed by atoms with Crippen molar-refractivity contribution < 1.29 is 54.4 Å². The molecule has 1 aromatic heterocycles. The van der Waals surface area contributed by atoms with Crippen molar-refractivity contribution in [3.63, 3.8) is 0 Å². The largest absolute Gasteiger partial charge is 0.504 e. The van der Waals surface area contributed by atoms with Gasteiger partial charge in [0.25, 0.3) is 0 Å². The van der Waals surface area contributed by atoms with Crippen molar-refractivity contribution in [2.24, 2.45) is 0 Å². The van der Waals surface area contributed by atoms with Crippen molar-refractivity contribution in [1.29, 1.82) is 0 Å². The minimum atomic E-state index is -1.73. The number of phenolic OH excluding ortho intramolecular Hbond substituents is 3. The van der Waals surface area contributed by atoms with Gasteiger partial charge < -0.3 is 54.4 Å². The van der Waals surface area contributed by atoms with Crippen LogP contribution in [0.5, 0.6) is 28.7 Å². The topological polar surface area (TPSA) is 200 Å². The SMILES string of the molecule is COc1c(O[C@@H]2O[C@H](CO)[C@H](O)[C@@H](O)[C@H]2O)cc2occ(-c3ccc(O)c(O)c3)c(=O)c2c1O. The molecular weight excluding hydrogens is 456 g/mol. The molecule has 2 aromatic carbocycles. The number of aromatic hydroxyl groups is 3. The number of rotatable bonds is 5. The van der Waals surface area contributed by atoms with E-state index < -0.39 is 54.2 Å². The lowest BCUT2D eigenvalue weighted by Crippen LogP contribution is -2.60. The molecule has 3 aromatic rings. The Hall–Kier alpha value is -3.55. The Kier molecular flexibility index (Phi) is 6.25. The van der Waals surface area contributed by atoms with Gasteiger partial charge in [-0.15, -0.1) is 0 Å². The molecule has 0 amide bonds. The van der Waals surface area contributed by atoms with E-state index in [9.17, 15) is 40.5 Å². The molecule has 7 N–H and O–H groups in total. The summed E-state index contributed by atoms with van der Waals surface area (Å²) in [6.45, 7) is -0.671. The molecule has 1 fully saturated rings.